The van der Waals surface area contributed by atoms with Crippen LogP contribution in [0.4, 0.5) is 0 Å². The summed E-state index contributed by atoms with van der Waals surface area (Å²) in [6, 6.07) is 0. The first kappa shape index (κ1) is 16.4. The van der Waals surface area contributed by atoms with E-state index in [0.717, 1.165) is 6.42 Å². The van der Waals surface area contributed by atoms with Gasteiger partial charge in [-0.05, 0) is 6.42 Å². The van der Waals surface area contributed by atoms with E-state index in [1.807, 2.05) is 24.3 Å². The molecule has 1 aliphatic rings. The fourth-order valence-corrected chi connectivity index (χ4v) is 2.06. The number of allylic oxidation sites excluding steroid dienone is 5. The maximum Gasteiger partial charge on any atom is 0.253 e. The van der Waals surface area contributed by atoms with Crippen molar-refractivity contribution in [3.8, 4) is 0 Å². The molecule has 2 N–H and O–H groups in total. The van der Waals surface area contributed by atoms with E-state index < -0.39 is 0 Å². The Hall–Kier alpha value is -1.65. The molecule has 0 fully saturated rings. The quantitative estimate of drug-likeness (QED) is 0.692. The lowest BCUT2D eigenvalue weighted by Gasteiger charge is -2.26. The molecule has 20 heavy (non-hydrogen) atoms. The Kier molecular flexibility index (Phi) is 6.42. The zero-order valence-corrected chi connectivity index (χ0v) is 12.0. The molecule has 1 amide bonds. The molecule has 4 nitrogen and oxygen atoms in total. The number of aliphatic hydroxyl groups excluding tert-OH is 2. The summed E-state index contributed by atoms with van der Waals surface area (Å²) < 4.78 is 0. The Balaban J connectivity index is 2.75. The second-order valence-corrected chi connectivity index (χ2v) is 5.04. The van der Waals surface area contributed by atoms with Crippen LogP contribution < -0.4 is 0 Å². The molecule has 0 aromatic rings. The minimum atomic E-state index is -0.154. The summed E-state index contributed by atoms with van der Waals surface area (Å²) in [6.07, 6.45) is 12.1. The van der Waals surface area contributed by atoms with E-state index in [4.69, 9.17) is 10.2 Å². The number of rotatable bonds is 7. The molecule has 0 unspecified atom stereocenters. The summed E-state index contributed by atoms with van der Waals surface area (Å²) in [4.78, 5) is 13.7. The van der Waals surface area contributed by atoms with Gasteiger partial charge in [-0.2, -0.15) is 0 Å². The monoisotopic (exact) mass is 277 g/mol. The maximum atomic E-state index is 12.3. The van der Waals surface area contributed by atoms with E-state index in [1.54, 1.807) is 12.2 Å². The maximum absolute atomic E-state index is 12.3. The average molecular weight is 277 g/mol. The first-order valence-corrected chi connectivity index (χ1v) is 6.77. The lowest BCUT2D eigenvalue weighted by molar-refractivity contribution is -0.127. The summed E-state index contributed by atoms with van der Waals surface area (Å²) in [7, 11) is 0. The van der Waals surface area contributed by atoms with Gasteiger partial charge in [0.25, 0.3) is 5.91 Å². The van der Waals surface area contributed by atoms with E-state index in [2.05, 4.69) is 13.5 Å². The Labute approximate surface area is 120 Å². The highest BCUT2D eigenvalue weighted by molar-refractivity contribution is 5.96. The molecule has 1 aliphatic carbocycles. The van der Waals surface area contributed by atoms with Gasteiger partial charge in [0.2, 0.25) is 0 Å². The van der Waals surface area contributed by atoms with Crippen molar-refractivity contribution in [2.45, 2.75) is 13.3 Å². The molecule has 4 heteroatoms. The van der Waals surface area contributed by atoms with Gasteiger partial charge in [-0.1, -0.05) is 50.0 Å². The van der Waals surface area contributed by atoms with Gasteiger partial charge in [0.05, 0.1) is 13.2 Å². The number of amides is 1. The first-order valence-electron chi connectivity index (χ1n) is 6.77. The number of carbonyl (C=O) groups excluding carboxylic acids is 1. The zero-order chi connectivity index (χ0) is 15.0. The SMILES string of the molecule is C=C/C=C/[C@@]1(C)C=CC(C(=O)N(CCO)CCO)=CC1. The predicted octanol–water partition coefficient (Wildman–Crippen LogP) is 1.43. The number of aliphatic hydroxyl groups is 2. The van der Waals surface area contributed by atoms with Crippen LogP contribution >= 0.6 is 0 Å². The molecule has 0 saturated heterocycles. The molecule has 0 aliphatic heterocycles. The van der Waals surface area contributed by atoms with Crippen molar-refractivity contribution in [3.05, 3.63) is 48.6 Å². The van der Waals surface area contributed by atoms with Crippen LogP contribution in [0.15, 0.2) is 48.6 Å². The van der Waals surface area contributed by atoms with Gasteiger partial charge in [0.1, 0.15) is 0 Å². The van der Waals surface area contributed by atoms with Gasteiger partial charge in [0, 0.05) is 24.1 Å². The van der Waals surface area contributed by atoms with Gasteiger partial charge in [0.15, 0.2) is 0 Å². The molecular weight excluding hydrogens is 254 g/mol. The second kappa shape index (κ2) is 7.82. The van der Waals surface area contributed by atoms with Gasteiger partial charge < -0.3 is 15.1 Å². The molecule has 1 atom stereocenters. The highest BCUT2D eigenvalue weighted by atomic mass is 16.3. The predicted molar refractivity (Wildman–Crippen MR) is 80.0 cm³/mol. The molecule has 0 heterocycles. The zero-order valence-electron chi connectivity index (χ0n) is 12.0. The van der Waals surface area contributed by atoms with Crippen LogP contribution in [0.25, 0.3) is 0 Å². The number of hydrogen-bond donors (Lipinski definition) is 2. The molecule has 0 bridgehead atoms. The average Bonchev–Trinajstić information content (AvgIpc) is 2.45. The van der Waals surface area contributed by atoms with Crippen molar-refractivity contribution >= 4 is 5.91 Å². The fourth-order valence-electron chi connectivity index (χ4n) is 2.06. The van der Waals surface area contributed by atoms with Crippen molar-refractivity contribution in [3.63, 3.8) is 0 Å². The number of hydrogen-bond acceptors (Lipinski definition) is 3. The molecule has 110 valence electrons. The van der Waals surface area contributed by atoms with Crippen molar-refractivity contribution in [1.29, 1.82) is 0 Å². The number of carbonyl (C=O) groups is 1. The van der Waals surface area contributed by atoms with Crippen LogP contribution in [0.5, 0.6) is 0 Å². The van der Waals surface area contributed by atoms with Crippen LogP contribution in [-0.2, 0) is 4.79 Å². The van der Waals surface area contributed by atoms with E-state index in [9.17, 15) is 4.79 Å². The Morgan fingerprint density at radius 2 is 2.10 bits per heavy atom. The third kappa shape index (κ3) is 4.47. The van der Waals surface area contributed by atoms with Crippen molar-refractivity contribution < 1.29 is 15.0 Å². The highest BCUT2D eigenvalue weighted by Gasteiger charge is 2.23. The van der Waals surface area contributed by atoms with Gasteiger partial charge in [-0.3, -0.25) is 4.79 Å². The lowest BCUT2D eigenvalue weighted by atomic mass is 9.81. The lowest BCUT2D eigenvalue weighted by Crippen LogP contribution is -2.37. The summed E-state index contributed by atoms with van der Waals surface area (Å²) in [6.45, 7) is 5.98. The fraction of sp³-hybridized carbons (Fsp3) is 0.438. The topological polar surface area (TPSA) is 60.8 Å². The van der Waals surface area contributed by atoms with Gasteiger partial charge in [-0.25, -0.2) is 0 Å². The molecule has 0 saturated carbocycles. The normalized spacial score (nSPS) is 21.9. The van der Waals surface area contributed by atoms with E-state index >= 15 is 0 Å². The summed E-state index contributed by atoms with van der Waals surface area (Å²) in [5, 5.41) is 17.9. The largest absolute Gasteiger partial charge is 0.395 e. The third-order valence-electron chi connectivity index (χ3n) is 3.29. The Bertz CT molecular complexity index is 431. The van der Waals surface area contributed by atoms with Crippen molar-refractivity contribution in [2.75, 3.05) is 26.3 Å². The van der Waals surface area contributed by atoms with Gasteiger partial charge in [-0.15, -0.1) is 0 Å². The molecule has 0 spiro atoms. The highest BCUT2D eigenvalue weighted by Crippen LogP contribution is 2.31. The van der Waals surface area contributed by atoms with Crippen LogP contribution in [0.1, 0.15) is 13.3 Å². The van der Waals surface area contributed by atoms with Crippen molar-refractivity contribution in [2.24, 2.45) is 5.41 Å². The van der Waals surface area contributed by atoms with E-state index in [-0.39, 0.29) is 37.6 Å². The Morgan fingerprint density at radius 1 is 1.45 bits per heavy atom. The van der Waals surface area contributed by atoms with E-state index in [0.29, 0.717) is 5.57 Å². The first-order chi connectivity index (χ1) is 9.56. The number of nitrogens with zero attached hydrogens (tertiary/aromatic N) is 1. The van der Waals surface area contributed by atoms with Gasteiger partial charge >= 0.3 is 0 Å². The molecule has 0 aromatic carbocycles. The van der Waals surface area contributed by atoms with E-state index in [1.165, 1.54) is 4.90 Å². The minimum Gasteiger partial charge on any atom is -0.395 e. The molecular formula is C16H23NO3. The summed E-state index contributed by atoms with van der Waals surface area (Å²) in [5.41, 5.74) is 0.507. The van der Waals surface area contributed by atoms with Crippen LogP contribution in [0.2, 0.25) is 0 Å². The van der Waals surface area contributed by atoms with Crippen molar-refractivity contribution in [1.82, 2.24) is 4.90 Å². The summed E-state index contributed by atoms with van der Waals surface area (Å²) >= 11 is 0. The van der Waals surface area contributed by atoms with Crippen LogP contribution in [-0.4, -0.2) is 47.3 Å². The Morgan fingerprint density at radius 3 is 2.55 bits per heavy atom. The molecule has 0 aromatic heterocycles. The third-order valence-corrected chi connectivity index (χ3v) is 3.29. The standard InChI is InChI=1S/C16H23NO3/c1-3-4-7-16(2)8-5-14(6-9-16)15(20)17(10-12-18)11-13-19/h3-8,18-19H,1,9-13H2,2H3/b7-4+/t16-/m0/s1. The van der Waals surface area contributed by atoms with Crippen LogP contribution in [0, 0.1) is 5.41 Å². The minimum absolute atomic E-state index is 0.100. The second-order valence-electron chi connectivity index (χ2n) is 5.04. The van der Waals surface area contributed by atoms with Crippen LogP contribution in [0.3, 0.4) is 0 Å². The summed E-state index contributed by atoms with van der Waals surface area (Å²) in [5.74, 6) is -0.154. The smallest absolute Gasteiger partial charge is 0.253 e. The molecule has 0 radical (unpaired) electrons. The molecule has 1 rings (SSSR count).